The third kappa shape index (κ3) is 3.53. The van der Waals surface area contributed by atoms with Crippen LogP contribution in [0.2, 0.25) is 0 Å². The van der Waals surface area contributed by atoms with E-state index < -0.39 is 0 Å². The highest BCUT2D eigenvalue weighted by Gasteiger charge is 2.41. The summed E-state index contributed by atoms with van der Waals surface area (Å²) in [6, 6.07) is 0. The van der Waals surface area contributed by atoms with Crippen molar-refractivity contribution in [1.29, 1.82) is 0 Å². The molecule has 0 bridgehead atoms. The SMILES string of the molecule is CCCOC1CCCN(C(=O)C2(CN)CCCCC2)C1. The Morgan fingerprint density at radius 2 is 2.05 bits per heavy atom. The first-order chi connectivity index (χ1) is 9.72. The minimum absolute atomic E-state index is 0.228. The van der Waals surface area contributed by atoms with Gasteiger partial charge >= 0.3 is 0 Å². The van der Waals surface area contributed by atoms with Gasteiger partial charge in [0.05, 0.1) is 11.5 Å². The Labute approximate surface area is 123 Å². The molecule has 2 aliphatic rings. The first kappa shape index (κ1) is 15.8. The van der Waals surface area contributed by atoms with Crippen LogP contribution in [0.3, 0.4) is 0 Å². The van der Waals surface area contributed by atoms with E-state index in [4.69, 9.17) is 10.5 Å². The lowest BCUT2D eigenvalue weighted by Crippen LogP contribution is -2.53. The average molecular weight is 282 g/mol. The maximum atomic E-state index is 12.9. The number of carbonyl (C=O) groups is 1. The number of ether oxygens (including phenoxy) is 1. The molecule has 1 aliphatic carbocycles. The molecule has 1 amide bonds. The fourth-order valence-electron chi connectivity index (χ4n) is 3.61. The normalized spacial score (nSPS) is 26.5. The summed E-state index contributed by atoms with van der Waals surface area (Å²) in [4.78, 5) is 14.9. The zero-order valence-electron chi connectivity index (χ0n) is 12.9. The van der Waals surface area contributed by atoms with Gasteiger partial charge in [-0.2, -0.15) is 0 Å². The van der Waals surface area contributed by atoms with Gasteiger partial charge in [0.15, 0.2) is 0 Å². The summed E-state index contributed by atoms with van der Waals surface area (Å²) in [5.41, 5.74) is 5.71. The summed E-state index contributed by atoms with van der Waals surface area (Å²) < 4.78 is 5.84. The van der Waals surface area contributed by atoms with Crippen molar-refractivity contribution in [3.05, 3.63) is 0 Å². The molecule has 2 rings (SSSR count). The molecular formula is C16H30N2O2. The molecule has 20 heavy (non-hydrogen) atoms. The van der Waals surface area contributed by atoms with Crippen molar-refractivity contribution in [2.24, 2.45) is 11.1 Å². The molecule has 1 saturated carbocycles. The first-order valence-corrected chi connectivity index (χ1v) is 8.33. The molecule has 2 N–H and O–H groups in total. The van der Waals surface area contributed by atoms with Gasteiger partial charge in [0.1, 0.15) is 0 Å². The summed E-state index contributed by atoms with van der Waals surface area (Å²) in [6.45, 7) is 5.07. The van der Waals surface area contributed by atoms with Gasteiger partial charge in [0.2, 0.25) is 5.91 Å². The summed E-state index contributed by atoms with van der Waals surface area (Å²) >= 11 is 0. The molecule has 1 aliphatic heterocycles. The number of nitrogens with zero attached hydrogens (tertiary/aromatic N) is 1. The van der Waals surface area contributed by atoms with Crippen LogP contribution in [0, 0.1) is 5.41 Å². The van der Waals surface area contributed by atoms with Crippen molar-refractivity contribution >= 4 is 5.91 Å². The van der Waals surface area contributed by atoms with Gasteiger partial charge in [0.25, 0.3) is 0 Å². The molecule has 0 aromatic rings. The number of piperidine rings is 1. The fourth-order valence-corrected chi connectivity index (χ4v) is 3.61. The third-order valence-corrected chi connectivity index (χ3v) is 4.88. The maximum Gasteiger partial charge on any atom is 0.230 e. The van der Waals surface area contributed by atoms with E-state index in [0.717, 1.165) is 64.6 Å². The molecule has 4 nitrogen and oxygen atoms in total. The highest BCUT2D eigenvalue weighted by atomic mass is 16.5. The predicted molar refractivity (Wildman–Crippen MR) is 80.4 cm³/mol. The number of rotatable bonds is 5. The Kier molecular flexibility index (Phi) is 5.85. The second-order valence-electron chi connectivity index (χ2n) is 6.43. The summed E-state index contributed by atoms with van der Waals surface area (Å²) in [7, 11) is 0. The number of nitrogens with two attached hydrogens (primary N) is 1. The molecule has 0 aromatic heterocycles. The maximum absolute atomic E-state index is 12.9. The van der Waals surface area contributed by atoms with Crippen LogP contribution in [0.4, 0.5) is 0 Å². The van der Waals surface area contributed by atoms with Gasteiger partial charge in [-0.05, 0) is 32.1 Å². The van der Waals surface area contributed by atoms with E-state index in [9.17, 15) is 4.79 Å². The molecule has 1 heterocycles. The van der Waals surface area contributed by atoms with Crippen LogP contribution in [0.5, 0.6) is 0 Å². The Morgan fingerprint density at radius 1 is 1.30 bits per heavy atom. The monoisotopic (exact) mass is 282 g/mol. The molecule has 4 heteroatoms. The van der Waals surface area contributed by atoms with Gasteiger partial charge in [-0.15, -0.1) is 0 Å². The van der Waals surface area contributed by atoms with Crippen LogP contribution in [-0.2, 0) is 9.53 Å². The van der Waals surface area contributed by atoms with E-state index in [-0.39, 0.29) is 11.5 Å². The van der Waals surface area contributed by atoms with Crippen LogP contribution < -0.4 is 5.73 Å². The molecule has 116 valence electrons. The molecule has 1 atom stereocenters. The number of hydrogen-bond donors (Lipinski definition) is 1. The van der Waals surface area contributed by atoms with Crippen molar-refractivity contribution in [3.8, 4) is 0 Å². The van der Waals surface area contributed by atoms with E-state index in [1.165, 1.54) is 6.42 Å². The number of likely N-dealkylation sites (tertiary alicyclic amines) is 1. The largest absolute Gasteiger partial charge is 0.376 e. The Balaban J connectivity index is 1.96. The van der Waals surface area contributed by atoms with E-state index in [1.807, 2.05) is 4.90 Å². The van der Waals surface area contributed by atoms with Gasteiger partial charge in [-0.25, -0.2) is 0 Å². The zero-order valence-corrected chi connectivity index (χ0v) is 12.9. The van der Waals surface area contributed by atoms with Crippen LogP contribution >= 0.6 is 0 Å². The standard InChI is InChI=1S/C16H30N2O2/c1-2-11-20-14-7-6-10-18(12-14)15(19)16(13-17)8-4-3-5-9-16/h14H,2-13,17H2,1H3. The summed E-state index contributed by atoms with van der Waals surface area (Å²) in [6.07, 6.45) is 8.89. The van der Waals surface area contributed by atoms with Gasteiger partial charge in [0, 0.05) is 26.2 Å². The molecular weight excluding hydrogens is 252 g/mol. The van der Waals surface area contributed by atoms with Gasteiger partial charge < -0.3 is 15.4 Å². The van der Waals surface area contributed by atoms with Crippen molar-refractivity contribution in [2.75, 3.05) is 26.2 Å². The second-order valence-corrected chi connectivity index (χ2v) is 6.43. The highest BCUT2D eigenvalue weighted by Crippen LogP contribution is 2.37. The third-order valence-electron chi connectivity index (χ3n) is 4.88. The van der Waals surface area contributed by atoms with Gasteiger partial charge in [-0.1, -0.05) is 26.2 Å². The van der Waals surface area contributed by atoms with E-state index >= 15 is 0 Å². The summed E-state index contributed by atoms with van der Waals surface area (Å²) in [5, 5.41) is 0. The van der Waals surface area contributed by atoms with Crippen LogP contribution in [-0.4, -0.2) is 43.2 Å². The number of hydrogen-bond acceptors (Lipinski definition) is 3. The Morgan fingerprint density at radius 3 is 2.70 bits per heavy atom. The molecule has 0 spiro atoms. The quantitative estimate of drug-likeness (QED) is 0.842. The second kappa shape index (κ2) is 7.41. The molecule has 0 radical (unpaired) electrons. The Bertz CT molecular complexity index is 314. The molecule has 1 saturated heterocycles. The van der Waals surface area contributed by atoms with Crippen LogP contribution in [0.1, 0.15) is 58.3 Å². The fraction of sp³-hybridized carbons (Fsp3) is 0.938. The number of carbonyl (C=O) groups excluding carboxylic acids is 1. The minimum Gasteiger partial charge on any atom is -0.376 e. The summed E-state index contributed by atoms with van der Waals surface area (Å²) in [5.74, 6) is 0.296. The van der Waals surface area contributed by atoms with E-state index in [2.05, 4.69) is 6.92 Å². The van der Waals surface area contributed by atoms with E-state index in [0.29, 0.717) is 12.5 Å². The minimum atomic E-state index is -0.273. The lowest BCUT2D eigenvalue weighted by atomic mass is 9.73. The van der Waals surface area contributed by atoms with Crippen LogP contribution in [0.25, 0.3) is 0 Å². The van der Waals surface area contributed by atoms with Crippen molar-refractivity contribution in [2.45, 2.75) is 64.4 Å². The smallest absolute Gasteiger partial charge is 0.230 e. The molecule has 2 fully saturated rings. The lowest BCUT2D eigenvalue weighted by Gasteiger charge is -2.42. The molecule has 1 unspecified atom stereocenters. The van der Waals surface area contributed by atoms with Crippen molar-refractivity contribution in [3.63, 3.8) is 0 Å². The number of amides is 1. The predicted octanol–water partition coefficient (Wildman–Crippen LogP) is 2.31. The lowest BCUT2D eigenvalue weighted by molar-refractivity contribution is -0.147. The first-order valence-electron chi connectivity index (χ1n) is 8.33. The van der Waals surface area contributed by atoms with Crippen molar-refractivity contribution < 1.29 is 9.53 Å². The zero-order chi connectivity index (χ0) is 14.4. The highest BCUT2D eigenvalue weighted by molar-refractivity contribution is 5.83. The Hall–Kier alpha value is -0.610. The van der Waals surface area contributed by atoms with E-state index in [1.54, 1.807) is 0 Å². The molecule has 0 aromatic carbocycles. The average Bonchev–Trinajstić information content (AvgIpc) is 2.53. The van der Waals surface area contributed by atoms with Gasteiger partial charge in [-0.3, -0.25) is 4.79 Å². The van der Waals surface area contributed by atoms with Crippen LogP contribution in [0.15, 0.2) is 0 Å². The van der Waals surface area contributed by atoms with Crippen molar-refractivity contribution in [1.82, 2.24) is 4.90 Å². The topological polar surface area (TPSA) is 55.6 Å².